The molecular formula is C17H25NO. The van der Waals surface area contributed by atoms with Gasteiger partial charge in [-0.1, -0.05) is 32.0 Å². The van der Waals surface area contributed by atoms with E-state index in [1.807, 2.05) is 13.8 Å². The van der Waals surface area contributed by atoms with E-state index in [1.54, 1.807) is 0 Å². The molecule has 0 saturated heterocycles. The Kier molecular flexibility index (Phi) is 4.41. The van der Waals surface area contributed by atoms with E-state index in [4.69, 9.17) is 0 Å². The molecule has 0 N–H and O–H groups in total. The molecule has 0 aliphatic carbocycles. The molecule has 1 aromatic rings. The average Bonchev–Trinajstić information content (AvgIpc) is 2.37. The maximum atomic E-state index is 11.8. The molecule has 104 valence electrons. The van der Waals surface area contributed by atoms with E-state index in [-0.39, 0.29) is 5.92 Å². The standard InChI is InChI=1S/C17H25NO/c1-12(2)17(19)10-14-5-6-16-11-18(13(3)4)8-7-15(16)9-14/h5-6,9,12-13H,7-8,10-11H2,1-4H3. The lowest BCUT2D eigenvalue weighted by Gasteiger charge is -2.32. The minimum Gasteiger partial charge on any atom is -0.299 e. The molecular weight excluding hydrogens is 234 g/mol. The van der Waals surface area contributed by atoms with Gasteiger partial charge in [0.2, 0.25) is 0 Å². The van der Waals surface area contributed by atoms with Gasteiger partial charge in [-0.3, -0.25) is 9.69 Å². The topological polar surface area (TPSA) is 20.3 Å². The van der Waals surface area contributed by atoms with Gasteiger partial charge in [0.05, 0.1) is 0 Å². The van der Waals surface area contributed by atoms with Crippen LogP contribution >= 0.6 is 0 Å². The largest absolute Gasteiger partial charge is 0.299 e. The molecule has 0 bridgehead atoms. The van der Waals surface area contributed by atoms with Crippen molar-refractivity contribution in [3.63, 3.8) is 0 Å². The van der Waals surface area contributed by atoms with Crippen molar-refractivity contribution in [1.82, 2.24) is 4.90 Å². The first-order chi connectivity index (χ1) is 8.97. The van der Waals surface area contributed by atoms with Crippen LogP contribution in [-0.4, -0.2) is 23.3 Å². The number of carbonyl (C=O) groups excluding carboxylic acids is 1. The lowest BCUT2D eigenvalue weighted by molar-refractivity contribution is -0.121. The summed E-state index contributed by atoms with van der Waals surface area (Å²) in [5.41, 5.74) is 4.04. The summed E-state index contributed by atoms with van der Waals surface area (Å²) in [6, 6.07) is 7.19. The van der Waals surface area contributed by atoms with Gasteiger partial charge < -0.3 is 0 Å². The molecule has 0 spiro atoms. The van der Waals surface area contributed by atoms with Crippen LogP contribution in [0.25, 0.3) is 0 Å². The quantitative estimate of drug-likeness (QED) is 0.827. The van der Waals surface area contributed by atoms with Gasteiger partial charge in [-0.15, -0.1) is 0 Å². The number of carbonyl (C=O) groups is 1. The monoisotopic (exact) mass is 259 g/mol. The van der Waals surface area contributed by atoms with Crippen molar-refractivity contribution in [3.8, 4) is 0 Å². The Bertz CT molecular complexity index is 462. The van der Waals surface area contributed by atoms with Gasteiger partial charge in [-0.2, -0.15) is 0 Å². The second-order valence-electron chi connectivity index (χ2n) is 6.22. The number of fused-ring (bicyclic) bond motifs is 1. The van der Waals surface area contributed by atoms with Crippen LogP contribution in [-0.2, 0) is 24.2 Å². The van der Waals surface area contributed by atoms with Crippen LogP contribution in [0.3, 0.4) is 0 Å². The minimum absolute atomic E-state index is 0.132. The Labute approximate surface area is 116 Å². The van der Waals surface area contributed by atoms with Crippen LogP contribution in [0.5, 0.6) is 0 Å². The van der Waals surface area contributed by atoms with Gasteiger partial charge in [0.25, 0.3) is 0 Å². The number of Topliss-reactive ketones (excluding diaryl/α,β-unsaturated/α-hetero) is 1. The Morgan fingerprint density at radius 3 is 2.58 bits per heavy atom. The Balaban J connectivity index is 2.11. The summed E-state index contributed by atoms with van der Waals surface area (Å²) in [6.07, 6.45) is 1.69. The Morgan fingerprint density at radius 1 is 1.21 bits per heavy atom. The van der Waals surface area contributed by atoms with Crippen molar-refractivity contribution in [2.24, 2.45) is 5.92 Å². The Hall–Kier alpha value is -1.15. The van der Waals surface area contributed by atoms with E-state index in [1.165, 1.54) is 16.7 Å². The number of rotatable bonds is 4. The van der Waals surface area contributed by atoms with E-state index in [0.717, 1.165) is 19.5 Å². The first-order valence-corrected chi connectivity index (χ1v) is 7.35. The third kappa shape index (κ3) is 3.44. The van der Waals surface area contributed by atoms with Crippen LogP contribution in [0.2, 0.25) is 0 Å². The first kappa shape index (κ1) is 14.3. The number of ketones is 1. The van der Waals surface area contributed by atoms with Gasteiger partial charge in [-0.05, 0) is 37.0 Å². The van der Waals surface area contributed by atoms with Gasteiger partial charge in [0.1, 0.15) is 5.78 Å². The zero-order chi connectivity index (χ0) is 14.0. The summed E-state index contributed by atoms with van der Waals surface area (Å²) in [5, 5.41) is 0. The second kappa shape index (κ2) is 5.87. The highest BCUT2D eigenvalue weighted by molar-refractivity contribution is 5.82. The molecule has 2 rings (SSSR count). The third-order valence-corrected chi connectivity index (χ3v) is 4.07. The normalized spacial score (nSPS) is 15.9. The summed E-state index contributed by atoms with van der Waals surface area (Å²) in [4.78, 5) is 14.3. The van der Waals surface area contributed by atoms with Crippen molar-refractivity contribution in [2.45, 2.75) is 53.1 Å². The van der Waals surface area contributed by atoms with Crippen molar-refractivity contribution in [2.75, 3.05) is 6.54 Å². The molecule has 1 aliphatic rings. The fraction of sp³-hybridized carbons (Fsp3) is 0.588. The number of hydrogen-bond donors (Lipinski definition) is 0. The highest BCUT2D eigenvalue weighted by atomic mass is 16.1. The van der Waals surface area contributed by atoms with Crippen molar-refractivity contribution in [3.05, 3.63) is 34.9 Å². The molecule has 0 unspecified atom stereocenters. The fourth-order valence-corrected chi connectivity index (χ4v) is 2.58. The zero-order valence-electron chi connectivity index (χ0n) is 12.6. The number of hydrogen-bond acceptors (Lipinski definition) is 2. The van der Waals surface area contributed by atoms with Gasteiger partial charge in [0, 0.05) is 31.5 Å². The van der Waals surface area contributed by atoms with Gasteiger partial charge in [0.15, 0.2) is 0 Å². The molecule has 0 saturated carbocycles. The number of benzene rings is 1. The SMILES string of the molecule is CC(C)C(=O)Cc1ccc2c(c1)CCN(C(C)C)C2. The van der Waals surface area contributed by atoms with Crippen LogP contribution in [0.15, 0.2) is 18.2 Å². The highest BCUT2D eigenvalue weighted by Gasteiger charge is 2.19. The average molecular weight is 259 g/mol. The molecule has 0 radical (unpaired) electrons. The molecule has 1 aliphatic heterocycles. The summed E-state index contributed by atoms with van der Waals surface area (Å²) in [5.74, 6) is 0.465. The predicted octanol–water partition coefficient (Wildman–Crippen LogP) is 3.22. The van der Waals surface area contributed by atoms with Gasteiger partial charge >= 0.3 is 0 Å². The van der Waals surface area contributed by atoms with Crippen LogP contribution in [0.4, 0.5) is 0 Å². The van der Waals surface area contributed by atoms with Gasteiger partial charge in [-0.25, -0.2) is 0 Å². The fourth-order valence-electron chi connectivity index (χ4n) is 2.58. The smallest absolute Gasteiger partial charge is 0.139 e. The third-order valence-electron chi connectivity index (χ3n) is 4.07. The molecule has 2 heteroatoms. The van der Waals surface area contributed by atoms with Crippen LogP contribution < -0.4 is 0 Å². The van der Waals surface area contributed by atoms with E-state index in [0.29, 0.717) is 18.2 Å². The second-order valence-corrected chi connectivity index (χ2v) is 6.22. The predicted molar refractivity (Wildman–Crippen MR) is 79.2 cm³/mol. The van der Waals surface area contributed by atoms with Crippen molar-refractivity contribution in [1.29, 1.82) is 0 Å². The maximum Gasteiger partial charge on any atom is 0.139 e. The molecule has 1 heterocycles. The summed E-state index contributed by atoms with van der Waals surface area (Å²) in [6.45, 7) is 10.6. The summed E-state index contributed by atoms with van der Waals surface area (Å²) >= 11 is 0. The molecule has 0 fully saturated rings. The van der Waals surface area contributed by atoms with E-state index >= 15 is 0 Å². The molecule has 0 atom stereocenters. The minimum atomic E-state index is 0.132. The van der Waals surface area contributed by atoms with E-state index in [2.05, 4.69) is 36.9 Å². The van der Waals surface area contributed by atoms with Crippen molar-refractivity contribution < 1.29 is 4.79 Å². The highest BCUT2D eigenvalue weighted by Crippen LogP contribution is 2.22. The maximum absolute atomic E-state index is 11.8. The van der Waals surface area contributed by atoms with Crippen LogP contribution in [0, 0.1) is 5.92 Å². The lowest BCUT2D eigenvalue weighted by atomic mass is 9.93. The summed E-state index contributed by atoms with van der Waals surface area (Å²) in [7, 11) is 0. The first-order valence-electron chi connectivity index (χ1n) is 7.35. The van der Waals surface area contributed by atoms with E-state index in [9.17, 15) is 4.79 Å². The molecule has 1 aromatic carbocycles. The summed E-state index contributed by atoms with van der Waals surface area (Å²) < 4.78 is 0. The molecule has 0 aromatic heterocycles. The molecule has 0 amide bonds. The Morgan fingerprint density at radius 2 is 1.95 bits per heavy atom. The molecule has 2 nitrogen and oxygen atoms in total. The molecule has 19 heavy (non-hydrogen) atoms. The number of nitrogens with zero attached hydrogens (tertiary/aromatic N) is 1. The van der Waals surface area contributed by atoms with Crippen LogP contribution in [0.1, 0.15) is 44.4 Å². The lowest BCUT2D eigenvalue weighted by Crippen LogP contribution is -2.35. The zero-order valence-corrected chi connectivity index (χ0v) is 12.6. The van der Waals surface area contributed by atoms with Crippen molar-refractivity contribution >= 4 is 5.78 Å². The van der Waals surface area contributed by atoms with E-state index < -0.39 is 0 Å².